The van der Waals surface area contributed by atoms with Crippen molar-refractivity contribution in [2.45, 2.75) is 20.8 Å². The van der Waals surface area contributed by atoms with Crippen molar-refractivity contribution < 1.29 is 8.60 Å². The molecule has 1 N–H and O–H groups in total. The van der Waals surface area contributed by atoms with Crippen molar-refractivity contribution in [2.75, 3.05) is 11.0 Å². The Balaban J connectivity index is 0.000000791. The van der Waals surface area contributed by atoms with Gasteiger partial charge in [0.25, 0.3) is 0 Å². The van der Waals surface area contributed by atoms with E-state index in [2.05, 4.69) is 9.71 Å². The second-order valence-corrected chi connectivity index (χ2v) is 3.49. The number of aryl methyl sites for hydroxylation is 1. The van der Waals surface area contributed by atoms with Crippen LogP contribution in [0.2, 0.25) is 0 Å². The first-order valence-electron chi connectivity index (χ1n) is 4.32. The van der Waals surface area contributed by atoms with Gasteiger partial charge in [-0.05, 0) is 18.6 Å². The molecule has 1 unspecified atom stereocenters. The van der Waals surface area contributed by atoms with Crippen molar-refractivity contribution in [2.24, 2.45) is 0 Å². The standard InChI is InChI=1S/C7H9FN2OS.C2H6/c1-5-3-7(8)9-4-6(5)10-12(2)11;1-2/h3-4,10H,1-2H3;1-2H3. The van der Waals surface area contributed by atoms with E-state index >= 15 is 0 Å². The van der Waals surface area contributed by atoms with E-state index in [1.807, 2.05) is 13.8 Å². The molecule has 0 saturated carbocycles. The van der Waals surface area contributed by atoms with Gasteiger partial charge in [-0.3, -0.25) is 0 Å². The lowest BCUT2D eigenvalue weighted by Gasteiger charge is -2.04. The first-order chi connectivity index (χ1) is 6.59. The highest BCUT2D eigenvalue weighted by Crippen LogP contribution is 2.13. The molecule has 0 aliphatic rings. The van der Waals surface area contributed by atoms with Crippen molar-refractivity contribution in [1.82, 2.24) is 4.98 Å². The molecular formula is C9H15FN2OS. The van der Waals surface area contributed by atoms with Gasteiger partial charge < -0.3 is 4.72 Å². The molecule has 80 valence electrons. The minimum Gasteiger partial charge on any atom is -0.304 e. The van der Waals surface area contributed by atoms with E-state index in [4.69, 9.17) is 0 Å². The Hall–Kier alpha value is -0.970. The predicted octanol–water partition coefficient (Wildman–Crippen LogP) is 2.26. The predicted molar refractivity (Wildman–Crippen MR) is 58.0 cm³/mol. The number of hydrogen-bond donors (Lipinski definition) is 1. The number of rotatable bonds is 2. The van der Waals surface area contributed by atoms with E-state index in [9.17, 15) is 8.60 Å². The Morgan fingerprint density at radius 3 is 2.50 bits per heavy atom. The first kappa shape index (κ1) is 13.0. The van der Waals surface area contributed by atoms with Crippen LogP contribution in [0.4, 0.5) is 10.1 Å². The van der Waals surface area contributed by atoms with E-state index in [1.54, 1.807) is 6.92 Å². The van der Waals surface area contributed by atoms with Crippen molar-refractivity contribution in [1.29, 1.82) is 0 Å². The molecule has 0 radical (unpaired) electrons. The maximum Gasteiger partial charge on any atom is 0.213 e. The summed E-state index contributed by atoms with van der Waals surface area (Å²) in [6.07, 6.45) is 2.83. The average Bonchev–Trinajstić information content (AvgIpc) is 2.13. The Bertz CT molecular complexity index is 318. The quantitative estimate of drug-likeness (QED) is 0.774. The van der Waals surface area contributed by atoms with Gasteiger partial charge >= 0.3 is 0 Å². The third-order valence-corrected chi connectivity index (χ3v) is 1.84. The highest BCUT2D eigenvalue weighted by molar-refractivity contribution is 7.85. The number of anilines is 1. The Kier molecular flexibility index (Phi) is 6.03. The van der Waals surface area contributed by atoms with Gasteiger partial charge in [0.1, 0.15) is 11.0 Å². The molecule has 0 aliphatic heterocycles. The minimum atomic E-state index is -1.15. The normalized spacial score (nSPS) is 11.2. The average molecular weight is 218 g/mol. The molecule has 5 heteroatoms. The lowest BCUT2D eigenvalue weighted by molar-refractivity contribution is 0.583. The molecule has 0 spiro atoms. The molecule has 0 saturated heterocycles. The second kappa shape index (κ2) is 6.48. The molecule has 0 aliphatic carbocycles. The van der Waals surface area contributed by atoms with Crippen LogP contribution in [0, 0.1) is 12.9 Å². The zero-order valence-corrected chi connectivity index (χ0v) is 9.61. The molecule has 0 aromatic carbocycles. The first-order valence-corrected chi connectivity index (χ1v) is 5.87. The van der Waals surface area contributed by atoms with Crippen LogP contribution in [0.1, 0.15) is 19.4 Å². The van der Waals surface area contributed by atoms with Crippen LogP contribution in [0.5, 0.6) is 0 Å². The van der Waals surface area contributed by atoms with Crippen LogP contribution in [0.3, 0.4) is 0 Å². The molecule has 1 atom stereocenters. The zero-order chi connectivity index (χ0) is 11.1. The number of pyridine rings is 1. The summed E-state index contributed by atoms with van der Waals surface area (Å²) in [5.74, 6) is -0.528. The number of nitrogens with zero attached hydrogens (tertiary/aromatic N) is 1. The maximum atomic E-state index is 12.5. The fourth-order valence-corrected chi connectivity index (χ4v) is 1.31. The summed E-state index contributed by atoms with van der Waals surface area (Å²) in [4.78, 5) is 3.43. The molecule has 1 aromatic rings. The van der Waals surface area contributed by atoms with Gasteiger partial charge in [0, 0.05) is 6.26 Å². The molecule has 0 fully saturated rings. The Labute approximate surface area is 86.3 Å². The summed E-state index contributed by atoms with van der Waals surface area (Å²) in [6, 6.07) is 1.29. The lowest BCUT2D eigenvalue weighted by atomic mass is 10.3. The highest BCUT2D eigenvalue weighted by atomic mass is 32.2. The third kappa shape index (κ3) is 4.32. The molecule has 1 rings (SSSR count). The SMILES string of the molecule is CC.Cc1cc(F)ncc1NS(C)=O. The van der Waals surface area contributed by atoms with Gasteiger partial charge in [0.15, 0.2) is 0 Å². The van der Waals surface area contributed by atoms with Crippen LogP contribution in [0.25, 0.3) is 0 Å². The van der Waals surface area contributed by atoms with Gasteiger partial charge in [-0.15, -0.1) is 0 Å². The fourth-order valence-electron chi connectivity index (χ4n) is 0.783. The van der Waals surface area contributed by atoms with Crippen molar-refractivity contribution >= 4 is 16.7 Å². The molecule has 1 aromatic heterocycles. The van der Waals surface area contributed by atoms with E-state index in [0.29, 0.717) is 11.3 Å². The van der Waals surface area contributed by atoms with Crippen LogP contribution in [-0.4, -0.2) is 15.4 Å². The van der Waals surface area contributed by atoms with E-state index in [0.717, 1.165) is 0 Å². The highest BCUT2D eigenvalue weighted by Gasteiger charge is 2.00. The van der Waals surface area contributed by atoms with Gasteiger partial charge in [-0.25, -0.2) is 9.19 Å². The summed E-state index contributed by atoms with van der Waals surface area (Å²) in [7, 11) is -1.15. The monoisotopic (exact) mass is 218 g/mol. The van der Waals surface area contributed by atoms with E-state index in [1.165, 1.54) is 18.5 Å². The molecule has 0 amide bonds. The number of nitrogens with one attached hydrogen (secondary N) is 1. The molecule has 14 heavy (non-hydrogen) atoms. The molecule has 3 nitrogen and oxygen atoms in total. The van der Waals surface area contributed by atoms with Crippen LogP contribution >= 0.6 is 0 Å². The fraction of sp³-hybridized carbons (Fsp3) is 0.444. The number of aromatic nitrogens is 1. The molecular weight excluding hydrogens is 203 g/mol. The summed E-state index contributed by atoms with van der Waals surface area (Å²) in [5, 5.41) is 0. The Morgan fingerprint density at radius 1 is 1.50 bits per heavy atom. The maximum absolute atomic E-state index is 12.5. The largest absolute Gasteiger partial charge is 0.304 e. The zero-order valence-electron chi connectivity index (χ0n) is 8.80. The number of halogens is 1. The topological polar surface area (TPSA) is 42.0 Å². The van der Waals surface area contributed by atoms with Gasteiger partial charge in [-0.2, -0.15) is 4.39 Å². The third-order valence-electron chi connectivity index (χ3n) is 1.33. The van der Waals surface area contributed by atoms with Gasteiger partial charge in [-0.1, -0.05) is 13.8 Å². The van der Waals surface area contributed by atoms with Crippen molar-refractivity contribution in [3.63, 3.8) is 0 Å². The van der Waals surface area contributed by atoms with Crippen LogP contribution in [-0.2, 0) is 11.0 Å². The van der Waals surface area contributed by atoms with Crippen LogP contribution < -0.4 is 4.72 Å². The minimum absolute atomic E-state index is 0.528. The summed E-state index contributed by atoms with van der Waals surface area (Å²) >= 11 is 0. The summed E-state index contributed by atoms with van der Waals surface area (Å²) in [5.41, 5.74) is 1.29. The smallest absolute Gasteiger partial charge is 0.213 e. The van der Waals surface area contributed by atoms with Gasteiger partial charge in [0.05, 0.1) is 11.9 Å². The van der Waals surface area contributed by atoms with Crippen LogP contribution in [0.15, 0.2) is 12.3 Å². The molecule has 0 bridgehead atoms. The van der Waals surface area contributed by atoms with Crippen molar-refractivity contribution in [3.8, 4) is 0 Å². The lowest BCUT2D eigenvalue weighted by Crippen LogP contribution is -2.03. The van der Waals surface area contributed by atoms with E-state index in [-0.39, 0.29) is 0 Å². The van der Waals surface area contributed by atoms with Gasteiger partial charge in [0.2, 0.25) is 5.95 Å². The molecule has 1 heterocycles. The second-order valence-electron chi connectivity index (χ2n) is 2.38. The summed E-state index contributed by atoms with van der Waals surface area (Å²) < 4.78 is 25.8. The summed E-state index contributed by atoms with van der Waals surface area (Å²) in [6.45, 7) is 5.72. The Morgan fingerprint density at radius 2 is 2.07 bits per heavy atom. The van der Waals surface area contributed by atoms with Crippen molar-refractivity contribution in [3.05, 3.63) is 23.8 Å². The number of hydrogen-bond acceptors (Lipinski definition) is 2. The van der Waals surface area contributed by atoms with E-state index < -0.39 is 16.9 Å².